The van der Waals surface area contributed by atoms with E-state index in [1.54, 1.807) is 7.11 Å². The third-order valence-corrected chi connectivity index (χ3v) is 3.34. The summed E-state index contributed by atoms with van der Waals surface area (Å²) in [6, 6.07) is 8.02. The molecule has 0 saturated heterocycles. The number of anilines is 1. The Balaban J connectivity index is 2.06. The van der Waals surface area contributed by atoms with Crippen LogP contribution in [0.2, 0.25) is 0 Å². The summed E-state index contributed by atoms with van der Waals surface area (Å²) >= 11 is 5.66. The zero-order valence-electron chi connectivity index (χ0n) is 11.2. The molecule has 1 aromatic carbocycles. The van der Waals surface area contributed by atoms with E-state index in [1.165, 1.54) is 0 Å². The van der Waals surface area contributed by atoms with Crippen LogP contribution >= 0.6 is 11.6 Å². The van der Waals surface area contributed by atoms with Crippen LogP contribution in [0.15, 0.2) is 30.5 Å². The van der Waals surface area contributed by atoms with Crippen molar-refractivity contribution in [3.63, 3.8) is 0 Å². The number of aromatic nitrogens is 1. The van der Waals surface area contributed by atoms with Crippen molar-refractivity contribution in [3.8, 4) is 5.75 Å². The van der Waals surface area contributed by atoms with E-state index in [1.807, 2.05) is 30.5 Å². The highest BCUT2D eigenvalue weighted by Gasteiger charge is 2.03. The lowest BCUT2D eigenvalue weighted by molar-refractivity contribution is 0.415. The number of hydrogen-bond donors (Lipinski definition) is 1. The molecule has 0 unspecified atom stereocenters. The van der Waals surface area contributed by atoms with E-state index in [0.29, 0.717) is 0 Å². The Kier molecular flexibility index (Phi) is 5.28. The van der Waals surface area contributed by atoms with Crippen LogP contribution in [0.25, 0.3) is 10.8 Å². The molecule has 0 saturated carbocycles. The van der Waals surface area contributed by atoms with E-state index in [4.69, 9.17) is 16.3 Å². The normalized spacial score (nSPS) is 10.6. The van der Waals surface area contributed by atoms with Gasteiger partial charge in [-0.3, -0.25) is 0 Å². The molecule has 1 aromatic heterocycles. The fraction of sp³-hybridized carbons (Fsp3) is 0.400. The zero-order valence-corrected chi connectivity index (χ0v) is 11.9. The van der Waals surface area contributed by atoms with E-state index in [0.717, 1.165) is 54.0 Å². The first-order valence-corrected chi connectivity index (χ1v) is 7.11. The van der Waals surface area contributed by atoms with Gasteiger partial charge in [-0.15, -0.1) is 11.6 Å². The minimum absolute atomic E-state index is 0.742. The zero-order chi connectivity index (χ0) is 13.5. The first kappa shape index (κ1) is 13.9. The van der Waals surface area contributed by atoms with Gasteiger partial charge >= 0.3 is 0 Å². The standard InChI is InChI=1S/C15H19ClN2O/c1-19-13-5-6-14-12(11-13)7-10-18-15(14)17-9-4-2-3-8-16/h5-7,10-11H,2-4,8-9H2,1H3,(H,17,18). The Morgan fingerprint density at radius 3 is 2.89 bits per heavy atom. The van der Waals surface area contributed by atoms with Gasteiger partial charge in [-0.2, -0.15) is 0 Å². The maximum Gasteiger partial charge on any atom is 0.133 e. The summed E-state index contributed by atoms with van der Waals surface area (Å²) in [7, 11) is 1.68. The fourth-order valence-corrected chi connectivity index (χ4v) is 2.22. The second-order valence-corrected chi connectivity index (χ2v) is 4.80. The van der Waals surface area contributed by atoms with Crippen molar-refractivity contribution in [1.29, 1.82) is 0 Å². The minimum atomic E-state index is 0.742. The predicted octanol–water partition coefficient (Wildman–Crippen LogP) is 4.06. The van der Waals surface area contributed by atoms with Crippen LogP contribution in [-0.4, -0.2) is 24.5 Å². The lowest BCUT2D eigenvalue weighted by atomic mass is 10.1. The number of nitrogens with one attached hydrogen (secondary N) is 1. The van der Waals surface area contributed by atoms with Gasteiger partial charge in [-0.25, -0.2) is 4.98 Å². The predicted molar refractivity (Wildman–Crippen MR) is 81.4 cm³/mol. The molecule has 0 fully saturated rings. The molecule has 0 aliphatic carbocycles. The molecular formula is C15H19ClN2O. The Hall–Kier alpha value is -1.48. The maximum absolute atomic E-state index is 5.66. The molecule has 0 aliphatic heterocycles. The quantitative estimate of drug-likeness (QED) is 0.612. The largest absolute Gasteiger partial charge is 0.497 e. The van der Waals surface area contributed by atoms with E-state index in [9.17, 15) is 0 Å². The Labute approximate surface area is 118 Å². The third kappa shape index (κ3) is 3.74. The lowest BCUT2D eigenvalue weighted by Crippen LogP contribution is -2.03. The molecule has 4 heteroatoms. The number of halogens is 1. The summed E-state index contributed by atoms with van der Waals surface area (Å²) in [5, 5.41) is 5.65. The molecule has 0 spiro atoms. The first-order valence-electron chi connectivity index (χ1n) is 6.58. The second kappa shape index (κ2) is 7.19. The molecule has 19 heavy (non-hydrogen) atoms. The van der Waals surface area contributed by atoms with Crippen LogP contribution in [0, 0.1) is 0 Å². The lowest BCUT2D eigenvalue weighted by Gasteiger charge is -2.09. The minimum Gasteiger partial charge on any atom is -0.497 e. The maximum atomic E-state index is 5.66. The van der Waals surface area contributed by atoms with Crippen molar-refractivity contribution in [3.05, 3.63) is 30.5 Å². The van der Waals surface area contributed by atoms with Gasteiger partial charge in [0.2, 0.25) is 0 Å². The molecule has 1 N–H and O–H groups in total. The summed E-state index contributed by atoms with van der Waals surface area (Å²) in [5.41, 5.74) is 0. The number of unbranched alkanes of at least 4 members (excludes halogenated alkanes) is 2. The van der Waals surface area contributed by atoms with E-state index in [-0.39, 0.29) is 0 Å². The van der Waals surface area contributed by atoms with Crippen molar-refractivity contribution in [2.45, 2.75) is 19.3 Å². The molecule has 102 valence electrons. The number of nitrogens with zero attached hydrogens (tertiary/aromatic N) is 1. The van der Waals surface area contributed by atoms with Crippen LogP contribution in [0.3, 0.4) is 0 Å². The van der Waals surface area contributed by atoms with Crippen LogP contribution in [0.1, 0.15) is 19.3 Å². The number of fused-ring (bicyclic) bond motifs is 1. The van der Waals surface area contributed by atoms with Crippen molar-refractivity contribution in [2.75, 3.05) is 24.9 Å². The summed E-state index contributed by atoms with van der Waals surface area (Å²) in [6.45, 7) is 0.926. The molecule has 2 aromatic rings. The van der Waals surface area contributed by atoms with Crippen molar-refractivity contribution < 1.29 is 4.74 Å². The average Bonchev–Trinajstić information content (AvgIpc) is 2.46. The van der Waals surface area contributed by atoms with Crippen LogP contribution in [0.5, 0.6) is 5.75 Å². The number of hydrogen-bond acceptors (Lipinski definition) is 3. The number of ether oxygens (including phenoxy) is 1. The first-order chi connectivity index (χ1) is 9.35. The second-order valence-electron chi connectivity index (χ2n) is 4.42. The SMILES string of the molecule is COc1ccc2c(NCCCCCCl)nccc2c1. The topological polar surface area (TPSA) is 34.1 Å². The molecule has 0 radical (unpaired) electrons. The number of benzene rings is 1. The van der Waals surface area contributed by atoms with Crippen LogP contribution in [-0.2, 0) is 0 Å². The number of methoxy groups -OCH3 is 1. The summed E-state index contributed by atoms with van der Waals surface area (Å²) in [5.74, 6) is 2.55. The van der Waals surface area contributed by atoms with Crippen molar-refractivity contribution >= 4 is 28.2 Å². The van der Waals surface area contributed by atoms with Gasteiger partial charge in [0, 0.05) is 24.0 Å². The summed E-state index contributed by atoms with van der Waals surface area (Å²) in [6.07, 6.45) is 5.16. The number of pyridine rings is 1. The van der Waals surface area contributed by atoms with Gasteiger partial charge in [-0.05, 0) is 42.5 Å². The van der Waals surface area contributed by atoms with E-state index >= 15 is 0 Å². The number of rotatable bonds is 7. The molecule has 1 heterocycles. The van der Waals surface area contributed by atoms with Crippen molar-refractivity contribution in [1.82, 2.24) is 4.98 Å². The van der Waals surface area contributed by atoms with Crippen molar-refractivity contribution in [2.24, 2.45) is 0 Å². The van der Waals surface area contributed by atoms with Crippen LogP contribution in [0.4, 0.5) is 5.82 Å². The molecule has 3 nitrogen and oxygen atoms in total. The highest BCUT2D eigenvalue weighted by molar-refractivity contribution is 6.17. The van der Waals surface area contributed by atoms with Gasteiger partial charge in [0.25, 0.3) is 0 Å². The van der Waals surface area contributed by atoms with E-state index < -0.39 is 0 Å². The summed E-state index contributed by atoms with van der Waals surface area (Å²) < 4.78 is 5.23. The highest BCUT2D eigenvalue weighted by Crippen LogP contribution is 2.25. The van der Waals surface area contributed by atoms with Gasteiger partial charge in [-0.1, -0.05) is 6.42 Å². The fourth-order valence-electron chi connectivity index (χ4n) is 2.03. The summed E-state index contributed by atoms with van der Waals surface area (Å²) in [4.78, 5) is 4.40. The van der Waals surface area contributed by atoms with Gasteiger partial charge in [0.05, 0.1) is 7.11 Å². The smallest absolute Gasteiger partial charge is 0.133 e. The molecule has 2 rings (SSSR count). The van der Waals surface area contributed by atoms with Gasteiger partial charge < -0.3 is 10.1 Å². The molecule has 0 bridgehead atoms. The Morgan fingerprint density at radius 1 is 1.21 bits per heavy atom. The van der Waals surface area contributed by atoms with Gasteiger partial charge in [0.1, 0.15) is 11.6 Å². The number of alkyl halides is 1. The molecule has 0 aliphatic rings. The van der Waals surface area contributed by atoms with Gasteiger partial charge in [0.15, 0.2) is 0 Å². The molecule has 0 atom stereocenters. The van der Waals surface area contributed by atoms with Crippen LogP contribution < -0.4 is 10.1 Å². The average molecular weight is 279 g/mol. The molecular weight excluding hydrogens is 260 g/mol. The monoisotopic (exact) mass is 278 g/mol. The Morgan fingerprint density at radius 2 is 2.11 bits per heavy atom. The third-order valence-electron chi connectivity index (χ3n) is 3.07. The molecule has 0 amide bonds. The Bertz CT molecular complexity index is 531. The van der Waals surface area contributed by atoms with E-state index in [2.05, 4.69) is 10.3 Å². The highest BCUT2D eigenvalue weighted by atomic mass is 35.5.